The van der Waals surface area contributed by atoms with E-state index >= 15 is 0 Å². The quantitative estimate of drug-likeness (QED) is 0.469. The molecule has 1 rings (SSSR count). The maximum atomic E-state index is 12.3. The molecule has 0 radical (unpaired) electrons. The molecular formula is C13H20NO6P. The smallest absolute Gasteiger partial charge is 0.394 e. The molecule has 118 valence electrons. The van der Waals surface area contributed by atoms with E-state index in [1.165, 1.54) is 0 Å². The second-order valence-electron chi connectivity index (χ2n) is 4.77. The second kappa shape index (κ2) is 7.56. The van der Waals surface area contributed by atoms with Crippen LogP contribution < -0.4 is 10.3 Å². The molecule has 2 N–H and O–H groups in total. The maximum Gasteiger partial charge on any atom is 0.618 e. The summed E-state index contributed by atoms with van der Waals surface area (Å²) in [6, 6.07) is 5.68. The van der Waals surface area contributed by atoms with Gasteiger partial charge in [0, 0.05) is 0 Å². The molecule has 1 unspecified atom stereocenters. The van der Waals surface area contributed by atoms with E-state index in [-0.39, 0.29) is 11.7 Å². The van der Waals surface area contributed by atoms with Crippen LogP contribution in [-0.2, 0) is 23.4 Å². The third kappa shape index (κ3) is 5.47. The molecule has 0 saturated carbocycles. The maximum absolute atomic E-state index is 12.3. The van der Waals surface area contributed by atoms with Gasteiger partial charge < -0.3 is 14.8 Å². The van der Waals surface area contributed by atoms with Gasteiger partial charge in [-0.05, 0) is 25.0 Å². The van der Waals surface area contributed by atoms with Gasteiger partial charge in [0.1, 0.15) is 11.8 Å². The van der Waals surface area contributed by atoms with Crippen molar-refractivity contribution in [2.45, 2.75) is 26.8 Å². The van der Waals surface area contributed by atoms with Crippen molar-refractivity contribution < 1.29 is 28.0 Å². The van der Waals surface area contributed by atoms with Crippen LogP contribution in [0.4, 0.5) is 0 Å². The Bertz CT molecular complexity index is 516. The molecule has 2 atom stereocenters. The molecule has 0 heterocycles. The summed E-state index contributed by atoms with van der Waals surface area (Å²) in [5, 5.41) is 0. The van der Waals surface area contributed by atoms with Crippen LogP contribution in [0.3, 0.4) is 0 Å². The summed E-state index contributed by atoms with van der Waals surface area (Å²) in [5.41, 5.74) is 6.62. The number of phosphoric acid groups is 1. The van der Waals surface area contributed by atoms with Gasteiger partial charge in [-0.3, -0.25) is 0 Å². The van der Waals surface area contributed by atoms with Crippen LogP contribution in [0.2, 0.25) is 0 Å². The van der Waals surface area contributed by atoms with Gasteiger partial charge >= 0.3 is 13.8 Å². The SMILES string of the molecule is COOP(=O)(OC(=O)[C@@H](N)C(C)C)Oc1ccc(C)cc1. The molecule has 7 nitrogen and oxygen atoms in total. The number of hydrogen-bond donors (Lipinski definition) is 1. The predicted octanol–water partition coefficient (Wildman–Crippen LogP) is 2.59. The summed E-state index contributed by atoms with van der Waals surface area (Å²) in [5.74, 6) is -0.864. The third-order valence-corrected chi connectivity index (χ3v) is 3.77. The lowest BCUT2D eigenvalue weighted by Crippen LogP contribution is -2.36. The fourth-order valence-electron chi connectivity index (χ4n) is 1.31. The molecule has 0 spiro atoms. The lowest BCUT2D eigenvalue weighted by atomic mass is 10.1. The fourth-order valence-corrected chi connectivity index (χ4v) is 2.31. The number of phosphoric ester groups is 1. The molecule has 0 aliphatic heterocycles. The first-order chi connectivity index (χ1) is 9.77. The molecule has 1 aromatic rings. The van der Waals surface area contributed by atoms with Crippen LogP contribution in [0.25, 0.3) is 0 Å². The highest BCUT2D eigenvalue weighted by atomic mass is 31.2. The minimum atomic E-state index is -4.26. The molecule has 0 bridgehead atoms. The zero-order valence-electron chi connectivity index (χ0n) is 12.4. The summed E-state index contributed by atoms with van der Waals surface area (Å²) < 4.78 is 26.7. The van der Waals surface area contributed by atoms with Gasteiger partial charge in [0.25, 0.3) is 0 Å². The molecule has 0 saturated heterocycles. The zero-order chi connectivity index (χ0) is 16.0. The topological polar surface area (TPSA) is 97.1 Å². The van der Waals surface area contributed by atoms with E-state index in [0.717, 1.165) is 12.7 Å². The Hall–Kier alpha value is -1.40. The van der Waals surface area contributed by atoms with Gasteiger partial charge in [0.15, 0.2) is 0 Å². The average Bonchev–Trinajstić information content (AvgIpc) is 2.40. The lowest BCUT2D eigenvalue weighted by molar-refractivity contribution is -0.198. The van der Waals surface area contributed by atoms with Crippen molar-refractivity contribution in [1.82, 2.24) is 0 Å². The highest BCUT2D eigenvalue weighted by Crippen LogP contribution is 2.50. The minimum absolute atomic E-state index is 0.187. The van der Waals surface area contributed by atoms with Crippen molar-refractivity contribution >= 4 is 13.8 Å². The Kier molecular flexibility index (Phi) is 6.36. The van der Waals surface area contributed by atoms with Crippen LogP contribution in [0, 0.1) is 12.8 Å². The standard InChI is InChI=1S/C13H20NO6P/c1-9(2)12(14)13(15)19-21(16,20-17-4)18-11-7-5-10(3)6-8-11/h5-9,12H,14H2,1-4H3/t12-,21?/m0/s1. The normalized spacial score (nSPS) is 15.3. The Balaban J connectivity index is 2.85. The summed E-state index contributed by atoms with van der Waals surface area (Å²) in [6.07, 6.45) is 0. The predicted molar refractivity (Wildman–Crippen MR) is 76.4 cm³/mol. The molecule has 0 amide bonds. The monoisotopic (exact) mass is 317 g/mol. The minimum Gasteiger partial charge on any atom is -0.394 e. The summed E-state index contributed by atoms with van der Waals surface area (Å²) in [6.45, 7) is 5.35. The van der Waals surface area contributed by atoms with Crippen molar-refractivity contribution in [3.05, 3.63) is 29.8 Å². The Morgan fingerprint density at radius 3 is 2.29 bits per heavy atom. The summed E-state index contributed by atoms with van der Waals surface area (Å²) in [7, 11) is -3.13. The van der Waals surface area contributed by atoms with E-state index in [1.54, 1.807) is 38.1 Å². The first-order valence-electron chi connectivity index (χ1n) is 6.35. The van der Waals surface area contributed by atoms with Crippen molar-refractivity contribution in [1.29, 1.82) is 0 Å². The molecule has 8 heteroatoms. The van der Waals surface area contributed by atoms with E-state index in [0.29, 0.717) is 0 Å². The van der Waals surface area contributed by atoms with Gasteiger partial charge in [-0.15, -0.1) is 4.67 Å². The molecule has 1 aromatic carbocycles. The average molecular weight is 317 g/mol. The third-order valence-electron chi connectivity index (χ3n) is 2.60. The van der Waals surface area contributed by atoms with Crippen LogP contribution in [-0.4, -0.2) is 19.1 Å². The summed E-state index contributed by atoms with van der Waals surface area (Å²) >= 11 is 0. The fraction of sp³-hybridized carbons (Fsp3) is 0.462. The van der Waals surface area contributed by atoms with Crippen LogP contribution in [0.1, 0.15) is 19.4 Å². The zero-order valence-corrected chi connectivity index (χ0v) is 13.3. The van der Waals surface area contributed by atoms with Gasteiger partial charge in [-0.25, -0.2) is 14.2 Å². The van der Waals surface area contributed by atoms with E-state index in [2.05, 4.69) is 9.56 Å². The number of rotatable bonds is 7. The van der Waals surface area contributed by atoms with Crippen LogP contribution >= 0.6 is 7.82 Å². The summed E-state index contributed by atoms with van der Waals surface area (Å²) in [4.78, 5) is 16.1. The van der Waals surface area contributed by atoms with Crippen molar-refractivity contribution in [2.24, 2.45) is 11.7 Å². The van der Waals surface area contributed by atoms with E-state index in [4.69, 9.17) is 14.8 Å². The van der Waals surface area contributed by atoms with E-state index < -0.39 is 19.8 Å². The molecule has 0 aromatic heterocycles. The van der Waals surface area contributed by atoms with Crippen LogP contribution in [0.5, 0.6) is 5.75 Å². The number of nitrogens with two attached hydrogens (primary N) is 1. The Morgan fingerprint density at radius 1 is 1.24 bits per heavy atom. The highest BCUT2D eigenvalue weighted by molar-refractivity contribution is 7.49. The Labute approximate surface area is 123 Å². The second-order valence-corrected chi connectivity index (χ2v) is 6.18. The van der Waals surface area contributed by atoms with Crippen molar-refractivity contribution in [3.8, 4) is 5.75 Å². The largest absolute Gasteiger partial charge is 0.618 e. The van der Waals surface area contributed by atoms with Gasteiger partial charge in [0.2, 0.25) is 0 Å². The number of aryl methyl sites for hydroxylation is 1. The first-order valence-corrected chi connectivity index (χ1v) is 7.81. The molecule has 0 aliphatic carbocycles. The van der Waals surface area contributed by atoms with Crippen molar-refractivity contribution in [2.75, 3.05) is 7.11 Å². The molecular weight excluding hydrogens is 297 g/mol. The van der Waals surface area contributed by atoms with E-state index in [1.807, 2.05) is 6.92 Å². The number of carbonyl (C=O) groups is 1. The number of benzene rings is 1. The molecule has 0 aliphatic rings. The first kappa shape index (κ1) is 17.7. The molecule has 0 fully saturated rings. The van der Waals surface area contributed by atoms with Gasteiger partial charge in [-0.2, -0.15) is 0 Å². The lowest BCUT2D eigenvalue weighted by Gasteiger charge is -2.19. The molecule has 21 heavy (non-hydrogen) atoms. The Morgan fingerprint density at radius 2 is 1.81 bits per heavy atom. The number of hydrogen-bond acceptors (Lipinski definition) is 7. The number of carbonyl (C=O) groups excluding carboxylic acids is 1. The van der Waals surface area contributed by atoms with Gasteiger partial charge in [0.05, 0.1) is 7.11 Å². The van der Waals surface area contributed by atoms with Gasteiger partial charge in [-0.1, -0.05) is 31.5 Å². The van der Waals surface area contributed by atoms with Crippen LogP contribution in [0.15, 0.2) is 24.3 Å². The van der Waals surface area contributed by atoms with Crippen molar-refractivity contribution in [3.63, 3.8) is 0 Å². The highest BCUT2D eigenvalue weighted by Gasteiger charge is 2.37. The van der Waals surface area contributed by atoms with E-state index in [9.17, 15) is 9.36 Å².